The van der Waals surface area contributed by atoms with E-state index in [0.29, 0.717) is 29.4 Å². The Morgan fingerprint density at radius 3 is 2.80 bits per heavy atom. The van der Waals surface area contributed by atoms with Crippen molar-refractivity contribution in [2.75, 3.05) is 6.54 Å². The molecule has 1 N–H and O–H groups in total. The molecule has 0 aliphatic heterocycles. The first-order chi connectivity index (χ1) is 9.60. The summed E-state index contributed by atoms with van der Waals surface area (Å²) in [6.07, 6.45) is 0.298. The first-order valence-corrected chi connectivity index (χ1v) is 6.95. The van der Waals surface area contributed by atoms with E-state index < -0.39 is 0 Å². The summed E-state index contributed by atoms with van der Waals surface area (Å²) in [7, 11) is 0. The molecule has 3 nitrogen and oxygen atoms in total. The molecule has 0 radical (unpaired) electrons. The molecular formula is C15H17ClFN3. The van der Waals surface area contributed by atoms with E-state index in [2.05, 4.69) is 15.3 Å². The van der Waals surface area contributed by atoms with Gasteiger partial charge in [-0.2, -0.15) is 0 Å². The zero-order valence-corrected chi connectivity index (χ0v) is 12.3. The SMILES string of the molecule is CCNCc1cc(C)nc(Cc2c(F)cccc2Cl)n1. The van der Waals surface area contributed by atoms with E-state index >= 15 is 0 Å². The third kappa shape index (κ3) is 3.74. The maximum atomic E-state index is 13.8. The van der Waals surface area contributed by atoms with Gasteiger partial charge in [0.15, 0.2) is 0 Å². The predicted octanol–water partition coefficient (Wildman–Crippen LogP) is 3.28. The molecule has 1 aromatic heterocycles. The fourth-order valence-electron chi connectivity index (χ4n) is 1.98. The molecule has 2 aromatic rings. The minimum atomic E-state index is -0.323. The first kappa shape index (κ1) is 14.9. The predicted molar refractivity (Wildman–Crippen MR) is 78.4 cm³/mol. The van der Waals surface area contributed by atoms with Crippen molar-refractivity contribution in [2.24, 2.45) is 0 Å². The van der Waals surface area contributed by atoms with E-state index in [1.165, 1.54) is 6.07 Å². The molecule has 5 heteroatoms. The first-order valence-electron chi connectivity index (χ1n) is 6.57. The van der Waals surface area contributed by atoms with Crippen molar-refractivity contribution in [3.63, 3.8) is 0 Å². The van der Waals surface area contributed by atoms with E-state index in [1.807, 2.05) is 19.9 Å². The smallest absolute Gasteiger partial charge is 0.133 e. The fourth-order valence-corrected chi connectivity index (χ4v) is 2.21. The fraction of sp³-hybridized carbons (Fsp3) is 0.333. The van der Waals surface area contributed by atoms with Gasteiger partial charge in [0.2, 0.25) is 0 Å². The van der Waals surface area contributed by atoms with Crippen LogP contribution in [0, 0.1) is 12.7 Å². The summed E-state index contributed by atoms with van der Waals surface area (Å²) >= 11 is 6.03. The third-order valence-electron chi connectivity index (χ3n) is 2.91. The summed E-state index contributed by atoms with van der Waals surface area (Å²) in [5.41, 5.74) is 2.21. The van der Waals surface area contributed by atoms with Crippen LogP contribution in [0.3, 0.4) is 0 Å². The molecule has 0 bridgehead atoms. The van der Waals surface area contributed by atoms with Crippen molar-refractivity contribution in [1.29, 1.82) is 0 Å². The molecule has 20 heavy (non-hydrogen) atoms. The number of nitrogens with zero attached hydrogens (tertiary/aromatic N) is 2. The summed E-state index contributed by atoms with van der Waals surface area (Å²) in [4.78, 5) is 8.80. The van der Waals surface area contributed by atoms with Crippen molar-refractivity contribution in [3.8, 4) is 0 Å². The third-order valence-corrected chi connectivity index (χ3v) is 3.26. The summed E-state index contributed by atoms with van der Waals surface area (Å²) < 4.78 is 13.8. The van der Waals surface area contributed by atoms with E-state index in [1.54, 1.807) is 12.1 Å². The molecule has 0 saturated heterocycles. The minimum absolute atomic E-state index is 0.298. The second-order valence-corrected chi connectivity index (χ2v) is 4.98. The monoisotopic (exact) mass is 293 g/mol. The molecule has 0 unspecified atom stereocenters. The second kappa shape index (κ2) is 6.77. The van der Waals surface area contributed by atoms with Gasteiger partial charge in [-0.3, -0.25) is 0 Å². The Labute approximate surface area is 123 Å². The second-order valence-electron chi connectivity index (χ2n) is 4.57. The Hall–Kier alpha value is -1.52. The zero-order chi connectivity index (χ0) is 14.5. The van der Waals surface area contributed by atoms with Crippen molar-refractivity contribution in [2.45, 2.75) is 26.8 Å². The number of rotatable bonds is 5. The van der Waals surface area contributed by atoms with Crippen LogP contribution in [-0.4, -0.2) is 16.5 Å². The molecule has 106 valence electrons. The van der Waals surface area contributed by atoms with Crippen LogP contribution in [0.25, 0.3) is 0 Å². The molecule has 2 rings (SSSR count). The lowest BCUT2D eigenvalue weighted by Gasteiger charge is -2.08. The topological polar surface area (TPSA) is 37.8 Å². The van der Waals surface area contributed by atoms with Gasteiger partial charge in [0.05, 0.1) is 5.69 Å². The van der Waals surface area contributed by atoms with Crippen LogP contribution in [-0.2, 0) is 13.0 Å². The molecule has 0 saturated carbocycles. The number of nitrogens with one attached hydrogen (secondary N) is 1. The standard InChI is InChI=1S/C15H17ClFN3/c1-3-18-9-11-7-10(2)19-15(20-11)8-12-13(16)5-4-6-14(12)17/h4-7,18H,3,8-9H2,1-2H3. The van der Waals surface area contributed by atoms with E-state index in [-0.39, 0.29) is 5.82 Å². The Morgan fingerprint density at radius 2 is 2.10 bits per heavy atom. The van der Waals surface area contributed by atoms with Gasteiger partial charge in [0.1, 0.15) is 11.6 Å². The average molecular weight is 294 g/mol. The Bertz CT molecular complexity index is 581. The summed E-state index contributed by atoms with van der Waals surface area (Å²) in [6.45, 7) is 5.49. The van der Waals surface area contributed by atoms with Gasteiger partial charge >= 0.3 is 0 Å². The lowest BCUT2D eigenvalue weighted by Crippen LogP contribution is -2.14. The lowest BCUT2D eigenvalue weighted by molar-refractivity contribution is 0.611. The van der Waals surface area contributed by atoms with Gasteiger partial charge < -0.3 is 5.32 Å². The summed E-state index contributed by atoms with van der Waals surface area (Å²) in [5, 5.41) is 3.62. The van der Waals surface area contributed by atoms with Gasteiger partial charge in [-0.05, 0) is 31.7 Å². The minimum Gasteiger partial charge on any atom is -0.311 e. The highest BCUT2D eigenvalue weighted by Gasteiger charge is 2.10. The maximum absolute atomic E-state index is 13.8. The van der Waals surface area contributed by atoms with Crippen LogP contribution in [0.5, 0.6) is 0 Å². The number of aromatic nitrogens is 2. The van der Waals surface area contributed by atoms with Gasteiger partial charge in [0.25, 0.3) is 0 Å². The zero-order valence-electron chi connectivity index (χ0n) is 11.6. The van der Waals surface area contributed by atoms with Crippen molar-refractivity contribution < 1.29 is 4.39 Å². The van der Waals surface area contributed by atoms with E-state index in [9.17, 15) is 4.39 Å². The Kier molecular flexibility index (Phi) is 5.04. The maximum Gasteiger partial charge on any atom is 0.133 e. The van der Waals surface area contributed by atoms with Crippen LogP contribution >= 0.6 is 11.6 Å². The molecule has 0 amide bonds. The highest BCUT2D eigenvalue weighted by Crippen LogP contribution is 2.21. The van der Waals surface area contributed by atoms with Crippen molar-refractivity contribution in [1.82, 2.24) is 15.3 Å². The Morgan fingerprint density at radius 1 is 1.30 bits per heavy atom. The molecule has 0 fully saturated rings. The molecule has 0 atom stereocenters. The highest BCUT2D eigenvalue weighted by molar-refractivity contribution is 6.31. The van der Waals surface area contributed by atoms with Crippen LogP contribution in [0.4, 0.5) is 4.39 Å². The normalized spacial score (nSPS) is 10.8. The van der Waals surface area contributed by atoms with Crippen LogP contribution in [0.1, 0.15) is 29.7 Å². The quantitative estimate of drug-likeness (QED) is 0.919. The van der Waals surface area contributed by atoms with E-state index in [4.69, 9.17) is 11.6 Å². The number of aryl methyl sites for hydroxylation is 1. The largest absolute Gasteiger partial charge is 0.311 e. The average Bonchev–Trinajstić information content (AvgIpc) is 2.40. The van der Waals surface area contributed by atoms with Gasteiger partial charge in [-0.25, -0.2) is 14.4 Å². The molecule has 0 spiro atoms. The molecule has 1 heterocycles. The number of halogens is 2. The van der Waals surface area contributed by atoms with E-state index in [0.717, 1.165) is 17.9 Å². The van der Waals surface area contributed by atoms with Gasteiger partial charge in [-0.1, -0.05) is 24.6 Å². The summed E-state index contributed by atoms with van der Waals surface area (Å²) in [5.74, 6) is 0.265. The number of hydrogen-bond donors (Lipinski definition) is 1. The summed E-state index contributed by atoms with van der Waals surface area (Å²) in [6, 6.07) is 6.59. The van der Waals surface area contributed by atoms with Crippen molar-refractivity contribution >= 4 is 11.6 Å². The number of hydrogen-bond acceptors (Lipinski definition) is 3. The Balaban J connectivity index is 2.27. The molecule has 1 aromatic carbocycles. The highest BCUT2D eigenvalue weighted by atomic mass is 35.5. The number of benzene rings is 1. The van der Waals surface area contributed by atoms with Crippen LogP contribution < -0.4 is 5.32 Å². The van der Waals surface area contributed by atoms with Crippen LogP contribution in [0.2, 0.25) is 5.02 Å². The van der Waals surface area contributed by atoms with Crippen molar-refractivity contribution in [3.05, 3.63) is 57.9 Å². The van der Waals surface area contributed by atoms with Crippen LogP contribution in [0.15, 0.2) is 24.3 Å². The molecular weight excluding hydrogens is 277 g/mol. The van der Waals surface area contributed by atoms with Gasteiger partial charge in [0, 0.05) is 29.2 Å². The lowest BCUT2D eigenvalue weighted by atomic mass is 10.1. The van der Waals surface area contributed by atoms with Gasteiger partial charge in [-0.15, -0.1) is 0 Å². The molecule has 0 aliphatic carbocycles. The molecule has 0 aliphatic rings.